The Morgan fingerprint density at radius 2 is 1.88 bits per heavy atom. The van der Waals surface area contributed by atoms with Gasteiger partial charge in [-0.15, -0.1) is 0 Å². The number of carbonyl (C=O) groups excluding carboxylic acids is 1. The summed E-state index contributed by atoms with van der Waals surface area (Å²) in [7, 11) is 0. The number of carbonyl (C=O) groups is 1. The van der Waals surface area contributed by atoms with Crippen LogP contribution in [0, 0.1) is 6.92 Å². The third-order valence-electron chi connectivity index (χ3n) is 3.96. The van der Waals surface area contributed by atoms with Crippen LogP contribution in [-0.2, 0) is 4.79 Å². The van der Waals surface area contributed by atoms with Crippen LogP contribution in [0.3, 0.4) is 0 Å². The molecule has 0 aliphatic carbocycles. The highest BCUT2D eigenvalue weighted by molar-refractivity contribution is 5.78. The first-order valence-corrected chi connectivity index (χ1v) is 8.19. The molecule has 1 amide bonds. The van der Waals surface area contributed by atoms with Gasteiger partial charge in [-0.05, 0) is 43.7 Å². The molecule has 2 aromatic carbocycles. The third-order valence-corrected chi connectivity index (χ3v) is 3.96. The second-order valence-electron chi connectivity index (χ2n) is 5.95. The van der Waals surface area contributed by atoms with Crippen LogP contribution in [-0.4, -0.2) is 22.1 Å². The lowest BCUT2D eigenvalue weighted by atomic mass is 10.1. The molecule has 3 rings (SSSR count). The van der Waals surface area contributed by atoms with Gasteiger partial charge in [-0.3, -0.25) is 4.79 Å². The van der Waals surface area contributed by atoms with Crippen molar-refractivity contribution in [1.82, 2.24) is 14.9 Å². The van der Waals surface area contributed by atoms with Crippen LogP contribution in [0.4, 0.5) is 0 Å². The van der Waals surface area contributed by atoms with E-state index in [-0.39, 0.29) is 18.6 Å². The minimum atomic E-state index is -0.147. The van der Waals surface area contributed by atoms with E-state index in [0.717, 1.165) is 16.8 Å². The SMILES string of the molecule is Cc1ccc(OCC(=O)N[C@H](C)c2ccc(-n3ccnc3)cc2)cc1. The Kier molecular flexibility index (Phi) is 5.14. The molecule has 1 aromatic heterocycles. The van der Waals surface area contributed by atoms with Crippen molar-refractivity contribution in [2.24, 2.45) is 0 Å². The third kappa shape index (κ3) is 4.47. The van der Waals surface area contributed by atoms with Gasteiger partial charge in [0, 0.05) is 18.1 Å². The largest absolute Gasteiger partial charge is 0.484 e. The highest BCUT2D eigenvalue weighted by atomic mass is 16.5. The molecule has 0 aliphatic rings. The summed E-state index contributed by atoms with van der Waals surface area (Å²) < 4.78 is 7.44. The van der Waals surface area contributed by atoms with Gasteiger partial charge in [-0.1, -0.05) is 29.8 Å². The maximum absolute atomic E-state index is 12.1. The number of imidazole rings is 1. The maximum Gasteiger partial charge on any atom is 0.258 e. The van der Waals surface area contributed by atoms with Crippen LogP contribution < -0.4 is 10.1 Å². The Morgan fingerprint density at radius 3 is 2.52 bits per heavy atom. The smallest absolute Gasteiger partial charge is 0.258 e. The van der Waals surface area contributed by atoms with Crippen molar-refractivity contribution in [3.05, 3.63) is 78.4 Å². The number of nitrogens with one attached hydrogen (secondary N) is 1. The monoisotopic (exact) mass is 335 g/mol. The zero-order valence-electron chi connectivity index (χ0n) is 14.3. The van der Waals surface area contributed by atoms with Gasteiger partial charge in [0.1, 0.15) is 5.75 Å². The van der Waals surface area contributed by atoms with Gasteiger partial charge in [0.15, 0.2) is 6.61 Å². The quantitative estimate of drug-likeness (QED) is 0.751. The van der Waals surface area contributed by atoms with E-state index in [4.69, 9.17) is 4.74 Å². The number of hydrogen-bond donors (Lipinski definition) is 1. The number of hydrogen-bond acceptors (Lipinski definition) is 3. The van der Waals surface area contributed by atoms with E-state index in [9.17, 15) is 4.79 Å². The second kappa shape index (κ2) is 7.66. The van der Waals surface area contributed by atoms with E-state index in [2.05, 4.69) is 10.3 Å². The molecule has 0 spiro atoms. The van der Waals surface area contributed by atoms with E-state index in [1.54, 1.807) is 12.5 Å². The summed E-state index contributed by atoms with van der Waals surface area (Å²) in [6, 6.07) is 15.6. The maximum atomic E-state index is 12.1. The summed E-state index contributed by atoms with van der Waals surface area (Å²) in [5, 5.41) is 2.95. The molecule has 0 unspecified atom stereocenters. The van der Waals surface area contributed by atoms with Crippen molar-refractivity contribution < 1.29 is 9.53 Å². The second-order valence-corrected chi connectivity index (χ2v) is 5.95. The lowest BCUT2D eigenvalue weighted by molar-refractivity contribution is -0.123. The van der Waals surface area contributed by atoms with Crippen molar-refractivity contribution in [3.63, 3.8) is 0 Å². The Balaban J connectivity index is 1.53. The van der Waals surface area contributed by atoms with Gasteiger partial charge in [0.2, 0.25) is 0 Å². The van der Waals surface area contributed by atoms with Crippen molar-refractivity contribution in [2.45, 2.75) is 19.9 Å². The molecular formula is C20H21N3O2. The van der Waals surface area contributed by atoms with E-state index in [1.165, 1.54) is 0 Å². The molecule has 0 bridgehead atoms. The number of benzene rings is 2. The minimum absolute atomic E-state index is 0.000517. The summed E-state index contributed by atoms with van der Waals surface area (Å²) in [4.78, 5) is 16.1. The minimum Gasteiger partial charge on any atom is -0.484 e. The zero-order valence-corrected chi connectivity index (χ0v) is 14.3. The molecule has 0 saturated carbocycles. The molecule has 0 fully saturated rings. The fourth-order valence-electron chi connectivity index (χ4n) is 2.50. The van der Waals surface area contributed by atoms with Crippen LogP contribution in [0.2, 0.25) is 0 Å². The number of aromatic nitrogens is 2. The van der Waals surface area contributed by atoms with Crippen molar-refractivity contribution >= 4 is 5.91 Å². The topological polar surface area (TPSA) is 56.1 Å². The van der Waals surface area contributed by atoms with E-state index >= 15 is 0 Å². The fourth-order valence-corrected chi connectivity index (χ4v) is 2.50. The predicted molar refractivity (Wildman–Crippen MR) is 96.8 cm³/mol. The van der Waals surface area contributed by atoms with Gasteiger partial charge >= 0.3 is 0 Å². The number of nitrogens with zero attached hydrogens (tertiary/aromatic N) is 2. The first kappa shape index (κ1) is 16.8. The Hall–Kier alpha value is -3.08. The molecular weight excluding hydrogens is 314 g/mol. The highest BCUT2D eigenvalue weighted by Gasteiger charge is 2.10. The van der Waals surface area contributed by atoms with E-state index < -0.39 is 0 Å². The molecule has 128 valence electrons. The van der Waals surface area contributed by atoms with E-state index in [0.29, 0.717) is 5.75 Å². The highest BCUT2D eigenvalue weighted by Crippen LogP contribution is 2.16. The molecule has 5 heteroatoms. The van der Waals surface area contributed by atoms with Crippen molar-refractivity contribution in [3.8, 4) is 11.4 Å². The van der Waals surface area contributed by atoms with Crippen molar-refractivity contribution in [1.29, 1.82) is 0 Å². The Bertz CT molecular complexity index is 809. The van der Waals surface area contributed by atoms with Crippen LogP contribution in [0.5, 0.6) is 5.75 Å². The first-order chi connectivity index (χ1) is 12.1. The van der Waals surface area contributed by atoms with Crippen LogP contribution in [0.1, 0.15) is 24.1 Å². The predicted octanol–water partition coefficient (Wildman–Crippen LogP) is 3.44. The normalized spacial score (nSPS) is 11.8. The van der Waals surface area contributed by atoms with Crippen LogP contribution in [0.15, 0.2) is 67.3 Å². The Morgan fingerprint density at radius 1 is 1.16 bits per heavy atom. The molecule has 25 heavy (non-hydrogen) atoms. The Labute approximate surface area is 147 Å². The van der Waals surface area contributed by atoms with Crippen LogP contribution in [0.25, 0.3) is 5.69 Å². The molecule has 0 saturated heterocycles. The van der Waals surface area contributed by atoms with E-state index in [1.807, 2.05) is 73.1 Å². The molecule has 3 aromatic rings. The van der Waals surface area contributed by atoms with Gasteiger partial charge in [-0.2, -0.15) is 0 Å². The summed E-state index contributed by atoms with van der Waals surface area (Å²) in [6.45, 7) is 3.97. The molecule has 0 aliphatic heterocycles. The van der Waals surface area contributed by atoms with Gasteiger partial charge in [0.05, 0.1) is 12.4 Å². The molecule has 5 nitrogen and oxygen atoms in total. The molecule has 1 N–H and O–H groups in total. The standard InChI is InChI=1S/C20H21N3O2/c1-15-3-9-19(10-4-15)25-13-20(24)22-16(2)17-5-7-18(8-6-17)23-12-11-21-14-23/h3-12,14,16H,13H2,1-2H3,(H,22,24)/t16-/m1/s1. The molecule has 1 heterocycles. The first-order valence-electron chi connectivity index (χ1n) is 8.19. The average molecular weight is 335 g/mol. The molecule has 1 atom stereocenters. The van der Waals surface area contributed by atoms with Crippen LogP contribution >= 0.6 is 0 Å². The number of aryl methyl sites for hydroxylation is 1. The zero-order chi connectivity index (χ0) is 17.6. The summed E-state index contributed by atoms with van der Waals surface area (Å²) in [5.41, 5.74) is 3.22. The number of amides is 1. The average Bonchev–Trinajstić information content (AvgIpc) is 3.16. The summed E-state index contributed by atoms with van der Waals surface area (Å²) in [5.74, 6) is 0.546. The lowest BCUT2D eigenvalue weighted by Gasteiger charge is -2.15. The fraction of sp³-hybridized carbons (Fsp3) is 0.200. The lowest BCUT2D eigenvalue weighted by Crippen LogP contribution is -2.31. The summed E-state index contributed by atoms with van der Waals surface area (Å²) in [6.07, 6.45) is 5.38. The molecule has 0 radical (unpaired) electrons. The van der Waals surface area contributed by atoms with Gasteiger partial charge in [-0.25, -0.2) is 4.98 Å². The van der Waals surface area contributed by atoms with Gasteiger partial charge in [0.25, 0.3) is 5.91 Å². The number of ether oxygens (including phenoxy) is 1. The van der Waals surface area contributed by atoms with Gasteiger partial charge < -0.3 is 14.6 Å². The summed E-state index contributed by atoms with van der Waals surface area (Å²) >= 11 is 0. The van der Waals surface area contributed by atoms with Crippen molar-refractivity contribution in [2.75, 3.05) is 6.61 Å². The number of rotatable bonds is 6.